The molecule has 0 aliphatic carbocycles. The molecule has 7 heteroatoms. The molecule has 0 aromatic heterocycles. The maximum atomic E-state index is 12.6. The van der Waals surface area contributed by atoms with Crippen LogP contribution in [0.4, 0.5) is 0 Å². The molecule has 2 aromatic rings. The van der Waals surface area contributed by atoms with Crippen LogP contribution in [0, 0.1) is 6.92 Å². The molecule has 0 saturated carbocycles. The Morgan fingerprint density at radius 3 is 2.38 bits per heavy atom. The van der Waals surface area contributed by atoms with E-state index in [1.165, 1.54) is 12.1 Å². The Hall–Kier alpha value is -1.83. The molecule has 0 aliphatic rings. The number of hydrogen-bond donors (Lipinski definition) is 1. The van der Waals surface area contributed by atoms with E-state index in [1.807, 2.05) is 43.5 Å². The van der Waals surface area contributed by atoms with Crippen LogP contribution in [0.3, 0.4) is 0 Å². The van der Waals surface area contributed by atoms with E-state index < -0.39 is 22.0 Å². The van der Waals surface area contributed by atoms with Crippen LogP contribution < -0.4 is 4.72 Å². The van der Waals surface area contributed by atoms with Gasteiger partial charge in [0.2, 0.25) is 10.0 Å². The quantitative estimate of drug-likeness (QED) is 0.663. The summed E-state index contributed by atoms with van der Waals surface area (Å²) in [6.45, 7) is 1.99. The number of thioether (sulfide) groups is 1. The molecule has 0 bridgehead atoms. The Morgan fingerprint density at radius 2 is 1.77 bits per heavy atom. The summed E-state index contributed by atoms with van der Waals surface area (Å²) >= 11 is 1.54. The molecular weight excluding hydrogens is 370 g/mol. The zero-order chi connectivity index (χ0) is 19.0. The summed E-state index contributed by atoms with van der Waals surface area (Å²) in [7, 11) is -3.79. The fourth-order valence-electron chi connectivity index (χ4n) is 2.26. The lowest BCUT2D eigenvalue weighted by Gasteiger charge is -2.17. The molecule has 0 fully saturated rings. The van der Waals surface area contributed by atoms with Crippen LogP contribution in [-0.4, -0.2) is 32.4 Å². The fraction of sp³-hybridized carbons (Fsp3) is 0.316. The number of ether oxygens (including phenoxy) is 1. The summed E-state index contributed by atoms with van der Waals surface area (Å²) in [5.41, 5.74) is 1.82. The molecule has 1 N–H and O–H groups in total. The van der Waals surface area contributed by atoms with Gasteiger partial charge in [0.15, 0.2) is 0 Å². The lowest BCUT2D eigenvalue weighted by molar-refractivity contribution is -0.147. The molecule has 5 nitrogen and oxygen atoms in total. The highest BCUT2D eigenvalue weighted by Gasteiger charge is 2.26. The molecular formula is C19H23NO4S2. The normalized spacial score (nSPS) is 12.5. The van der Waals surface area contributed by atoms with Crippen LogP contribution in [0.1, 0.15) is 17.5 Å². The van der Waals surface area contributed by atoms with E-state index in [-0.39, 0.29) is 11.5 Å². The zero-order valence-electron chi connectivity index (χ0n) is 14.8. The molecule has 2 aromatic carbocycles. The third-order valence-electron chi connectivity index (χ3n) is 3.75. The van der Waals surface area contributed by atoms with E-state index in [2.05, 4.69) is 4.72 Å². The van der Waals surface area contributed by atoms with Crippen LogP contribution in [0.2, 0.25) is 0 Å². The zero-order valence-corrected chi connectivity index (χ0v) is 16.5. The minimum Gasteiger partial charge on any atom is -0.460 e. The molecule has 0 amide bonds. The van der Waals surface area contributed by atoms with Crippen molar-refractivity contribution in [3.05, 3.63) is 65.7 Å². The Balaban J connectivity index is 2.07. The first-order valence-electron chi connectivity index (χ1n) is 8.21. The van der Waals surface area contributed by atoms with Gasteiger partial charge in [-0.1, -0.05) is 48.0 Å². The molecule has 1 unspecified atom stereocenters. The molecule has 1 atom stereocenters. The third kappa shape index (κ3) is 6.16. The number of nitrogens with one attached hydrogen (secondary N) is 1. The molecule has 0 saturated heterocycles. The van der Waals surface area contributed by atoms with Crippen molar-refractivity contribution in [3.63, 3.8) is 0 Å². The standard InChI is InChI=1S/C19H23NO4S2/c1-15-8-10-17(11-9-15)26(22,23)20-18(12-13-25-2)19(21)24-14-16-6-4-3-5-7-16/h3-11,18,20H,12-14H2,1-2H3. The van der Waals surface area contributed by atoms with Gasteiger partial charge in [-0.05, 0) is 43.0 Å². The van der Waals surface area contributed by atoms with Crippen molar-refractivity contribution < 1.29 is 17.9 Å². The average Bonchev–Trinajstić information content (AvgIpc) is 2.64. The maximum absolute atomic E-state index is 12.6. The number of rotatable bonds is 9. The van der Waals surface area contributed by atoms with Crippen molar-refractivity contribution in [2.24, 2.45) is 0 Å². The van der Waals surface area contributed by atoms with Gasteiger partial charge in [0.25, 0.3) is 0 Å². The summed E-state index contributed by atoms with van der Waals surface area (Å²) in [4.78, 5) is 12.6. The van der Waals surface area contributed by atoms with E-state index in [4.69, 9.17) is 4.74 Å². The topological polar surface area (TPSA) is 72.5 Å². The number of esters is 1. The summed E-state index contributed by atoms with van der Waals surface area (Å²) in [5.74, 6) is 0.0696. The number of benzene rings is 2. The minimum atomic E-state index is -3.79. The molecule has 0 radical (unpaired) electrons. The fourth-order valence-corrected chi connectivity index (χ4v) is 3.95. The van der Waals surface area contributed by atoms with Gasteiger partial charge < -0.3 is 4.74 Å². The van der Waals surface area contributed by atoms with Crippen molar-refractivity contribution in [2.45, 2.75) is 30.9 Å². The van der Waals surface area contributed by atoms with Gasteiger partial charge in [0, 0.05) is 0 Å². The second kappa shape index (κ2) is 9.75. The highest BCUT2D eigenvalue weighted by Crippen LogP contribution is 2.13. The van der Waals surface area contributed by atoms with E-state index in [9.17, 15) is 13.2 Å². The van der Waals surface area contributed by atoms with Crippen molar-refractivity contribution in [3.8, 4) is 0 Å². The van der Waals surface area contributed by atoms with Gasteiger partial charge in [-0.3, -0.25) is 4.79 Å². The lowest BCUT2D eigenvalue weighted by atomic mass is 10.2. The van der Waals surface area contributed by atoms with Crippen LogP contribution in [-0.2, 0) is 26.2 Å². The van der Waals surface area contributed by atoms with Crippen molar-refractivity contribution in [1.29, 1.82) is 0 Å². The van der Waals surface area contributed by atoms with Gasteiger partial charge in [0.1, 0.15) is 12.6 Å². The van der Waals surface area contributed by atoms with Gasteiger partial charge in [-0.15, -0.1) is 0 Å². The number of carbonyl (C=O) groups is 1. The highest BCUT2D eigenvalue weighted by atomic mass is 32.2. The summed E-state index contributed by atoms with van der Waals surface area (Å²) in [5, 5.41) is 0. The van der Waals surface area contributed by atoms with Gasteiger partial charge >= 0.3 is 5.97 Å². The van der Waals surface area contributed by atoms with Gasteiger partial charge in [0.05, 0.1) is 4.90 Å². The number of carbonyl (C=O) groups excluding carboxylic acids is 1. The first-order valence-corrected chi connectivity index (χ1v) is 11.1. The van der Waals surface area contributed by atoms with E-state index in [0.29, 0.717) is 12.2 Å². The predicted octanol–water partition coefficient (Wildman–Crippen LogP) is 3.14. The largest absolute Gasteiger partial charge is 0.460 e. The lowest BCUT2D eigenvalue weighted by Crippen LogP contribution is -2.42. The van der Waals surface area contributed by atoms with Crippen LogP contribution >= 0.6 is 11.8 Å². The molecule has 26 heavy (non-hydrogen) atoms. The first kappa shape index (κ1) is 20.5. The number of aryl methyl sites for hydroxylation is 1. The minimum absolute atomic E-state index is 0.113. The molecule has 0 heterocycles. The predicted molar refractivity (Wildman–Crippen MR) is 105 cm³/mol. The SMILES string of the molecule is CSCCC(NS(=O)(=O)c1ccc(C)cc1)C(=O)OCc1ccccc1. The molecule has 140 valence electrons. The molecule has 0 spiro atoms. The summed E-state index contributed by atoms with van der Waals surface area (Å²) in [6, 6.07) is 14.9. The first-order chi connectivity index (χ1) is 12.4. The number of sulfonamides is 1. The number of hydrogen-bond acceptors (Lipinski definition) is 5. The van der Waals surface area contributed by atoms with Crippen LogP contribution in [0.5, 0.6) is 0 Å². The second-order valence-corrected chi connectivity index (χ2v) is 8.56. The van der Waals surface area contributed by atoms with Crippen molar-refractivity contribution in [2.75, 3.05) is 12.0 Å². The third-order valence-corrected chi connectivity index (χ3v) is 5.88. The molecule has 2 rings (SSSR count). The van der Waals surface area contributed by atoms with Crippen molar-refractivity contribution >= 4 is 27.8 Å². The Morgan fingerprint density at radius 1 is 1.12 bits per heavy atom. The average molecular weight is 394 g/mol. The van der Waals surface area contributed by atoms with Crippen molar-refractivity contribution in [1.82, 2.24) is 4.72 Å². The van der Waals surface area contributed by atoms with Gasteiger partial charge in [-0.25, -0.2) is 8.42 Å². The Kier molecular flexibility index (Phi) is 7.68. The Labute approximate surface area is 159 Å². The maximum Gasteiger partial charge on any atom is 0.324 e. The van der Waals surface area contributed by atoms with Crippen LogP contribution in [0.25, 0.3) is 0 Å². The monoisotopic (exact) mass is 393 g/mol. The van der Waals surface area contributed by atoms with E-state index >= 15 is 0 Å². The van der Waals surface area contributed by atoms with Crippen LogP contribution in [0.15, 0.2) is 59.5 Å². The Bertz CT molecular complexity index is 805. The summed E-state index contributed by atoms with van der Waals surface area (Å²) < 4.78 is 32.9. The van der Waals surface area contributed by atoms with E-state index in [1.54, 1.807) is 23.9 Å². The van der Waals surface area contributed by atoms with E-state index in [0.717, 1.165) is 11.1 Å². The highest BCUT2D eigenvalue weighted by molar-refractivity contribution is 7.98. The summed E-state index contributed by atoms with van der Waals surface area (Å²) in [6.07, 6.45) is 2.26. The smallest absolute Gasteiger partial charge is 0.324 e. The molecule has 0 aliphatic heterocycles. The second-order valence-electron chi connectivity index (χ2n) is 5.86. The van der Waals surface area contributed by atoms with Gasteiger partial charge in [-0.2, -0.15) is 16.5 Å².